The Balaban J connectivity index is 2.26. The summed E-state index contributed by atoms with van der Waals surface area (Å²) in [7, 11) is 0. The molecule has 0 heterocycles. The van der Waals surface area contributed by atoms with Gasteiger partial charge < -0.3 is 9.80 Å². The van der Waals surface area contributed by atoms with Crippen molar-refractivity contribution >= 4 is 17.2 Å². The van der Waals surface area contributed by atoms with Gasteiger partial charge in [0.05, 0.1) is 11.4 Å². The van der Waals surface area contributed by atoms with Gasteiger partial charge in [0.25, 0.3) is 0 Å². The maximum atomic E-state index is 14.1. The van der Waals surface area contributed by atoms with E-state index in [4.69, 9.17) is 0 Å². The van der Waals surface area contributed by atoms with E-state index in [0.717, 1.165) is 61.6 Å². The average Bonchev–Trinajstić information content (AvgIpc) is 3.17. The first kappa shape index (κ1) is 23.8. The van der Waals surface area contributed by atoms with Gasteiger partial charge >= 0.3 is 0 Å². The fourth-order valence-corrected chi connectivity index (χ4v) is 4.92. The van der Waals surface area contributed by atoms with Crippen LogP contribution in [-0.2, 0) is 4.79 Å². The van der Waals surface area contributed by atoms with Crippen molar-refractivity contribution in [3.8, 4) is 0 Å². The smallest absolute Gasteiger partial charge is 0.189 e. The summed E-state index contributed by atoms with van der Waals surface area (Å²) in [6.07, 6.45) is 1.59. The fourth-order valence-electron chi connectivity index (χ4n) is 4.92. The normalized spacial score (nSPS) is 16.9. The third-order valence-corrected chi connectivity index (χ3v) is 6.70. The first-order chi connectivity index (χ1) is 15.5. The third-order valence-electron chi connectivity index (χ3n) is 6.70. The molecule has 0 N–H and O–H groups in total. The van der Waals surface area contributed by atoms with E-state index < -0.39 is 0 Å². The monoisotopic (exact) mass is 430 g/mol. The highest BCUT2D eigenvalue weighted by atomic mass is 16.1. The Kier molecular flexibility index (Phi) is 7.95. The average molecular weight is 431 g/mol. The number of nitrogens with zero attached hydrogens (tertiary/aromatic N) is 2. The van der Waals surface area contributed by atoms with Gasteiger partial charge in [-0.05, 0) is 65.5 Å². The van der Waals surface area contributed by atoms with E-state index in [1.165, 1.54) is 22.3 Å². The van der Waals surface area contributed by atoms with E-state index in [1.807, 2.05) is 0 Å². The number of carbonyl (C=O) groups excluding carboxylic acids is 1. The van der Waals surface area contributed by atoms with Gasteiger partial charge in [0.15, 0.2) is 5.78 Å². The van der Waals surface area contributed by atoms with E-state index in [-0.39, 0.29) is 5.78 Å². The van der Waals surface area contributed by atoms with Gasteiger partial charge in [-0.1, -0.05) is 48.5 Å². The van der Waals surface area contributed by atoms with Gasteiger partial charge in [0.2, 0.25) is 0 Å². The molecule has 1 saturated carbocycles. The molecule has 1 aliphatic rings. The Morgan fingerprint density at radius 1 is 0.656 bits per heavy atom. The fraction of sp³-hybridized carbons (Fsp3) is 0.414. The quantitative estimate of drug-likeness (QED) is 0.448. The minimum absolute atomic E-state index is 0.223. The predicted octanol–water partition coefficient (Wildman–Crippen LogP) is 6.47. The van der Waals surface area contributed by atoms with E-state index >= 15 is 0 Å². The summed E-state index contributed by atoms with van der Waals surface area (Å²) in [6.45, 7) is 16.5. The summed E-state index contributed by atoms with van der Waals surface area (Å²) < 4.78 is 0. The Hall–Kier alpha value is -2.81. The largest absolute Gasteiger partial charge is 0.371 e. The first-order valence-corrected chi connectivity index (χ1v) is 12.1. The molecule has 0 aromatic heterocycles. The van der Waals surface area contributed by atoms with Crippen molar-refractivity contribution in [1.82, 2.24) is 9.80 Å². The van der Waals surface area contributed by atoms with Crippen LogP contribution >= 0.6 is 0 Å². The number of hydrogen-bond donors (Lipinski definition) is 0. The second kappa shape index (κ2) is 10.7. The van der Waals surface area contributed by atoms with Crippen molar-refractivity contribution in [2.75, 3.05) is 26.2 Å². The molecule has 32 heavy (non-hydrogen) atoms. The SMILES string of the molecule is CCN(CC)C(=C1CCC(=C(c2ccccc2C)N(CC)CC)C1=O)c1ccccc1C. The van der Waals surface area contributed by atoms with Crippen LogP contribution in [0.2, 0.25) is 0 Å². The zero-order valence-corrected chi connectivity index (χ0v) is 20.7. The number of ketones is 1. The lowest BCUT2D eigenvalue weighted by molar-refractivity contribution is -0.111. The van der Waals surface area contributed by atoms with Gasteiger partial charge in [-0.15, -0.1) is 0 Å². The molecule has 0 amide bonds. The van der Waals surface area contributed by atoms with E-state index in [2.05, 4.69) is 99.9 Å². The van der Waals surface area contributed by atoms with Crippen LogP contribution < -0.4 is 0 Å². The molecule has 0 radical (unpaired) electrons. The molecule has 3 rings (SSSR count). The Morgan fingerprint density at radius 3 is 1.31 bits per heavy atom. The molecule has 0 unspecified atom stereocenters. The van der Waals surface area contributed by atoms with Crippen molar-refractivity contribution in [3.05, 3.63) is 81.9 Å². The van der Waals surface area contributed by atoms with E-state index in [1.54, 1.807) is 0 Å². The summed E-state index contributed by atoms with van der Waals surface area (Å²) in [4.78, 5) is 18.8. The number of Topliss-reactive ketones (excluding diaryl/α,β-unsaturated/α-hetero) is 1. The van der Waals surface area contributed by atoms with Crippen LogP contribution in [0.3, 0.4) is 0 Å². The lowest BCUT2D eigenvalue weighted by Crippen LogP contribution is -2.25. The molecule has 0 saturated heterocycles. The highest BCUT2D eigenvalue weighted by Gasteiger charge is 2.33. The molecule has 3 nitrogen and oxygen atoms in total. The van der Waals surface area contributed by atoms with Crippen molar-refractivity contribution in [1.29, 1.82) is 0 Å². The second-order valence-electron chi connectivity index (χ2n) is 8.46. The minimum atomic E-state index is 0.223. The van der Waals surface area contributed by atoms with Crippen molar-refractivity contribution in [3.63, 3.8) is 0 Å². The molecule has 0 spiro atoms. The molecule has 1 fully saturated rings. The van der Waals surface area contributed by atoms with Gasteiger partial charge in [-0.25, -0.2) is 0 Å². The molecule has 0 atom stereocenters. The summed E-state index contributed by atoms with van der Waals surface area (Å²) in [6, 6.07) is 16.9. The molecule has 170 valence electrons. The van der Waals surface area contributed by atoms with E-state index in [0.29, 0.717) is 0 Å². The molecule has 3 heteroatoms. The predicted molar refractivity (Wildman–Crippen MR) is 136 cm³/mol. The standard InChI is InChI=1S/C29H38N2O/c1-7-30(8-2)27(23-17-13-11-15-21(23)5)25-19-20-26(29(25)32)28(31(9-3)10-4)24-18-14-12-16-22(24)6/h11-18H,7-10,19-20H2,1-6H3. The van der Waals surface area contributed by atoms with Crippen molar-refractivity contribution in [2.45, 2.75) is 54.4 Å². The highest BCUT2D eigenvalue weighted by Crippen LogP contribution is 2.40. The van der Waals surface area contributed by atoms with Gasteiger partial charge in [-0.2, -0.15) is 0 Å². The molecule has 0 aliphatic heterocycles. The maximum Gasteiger partial charge on any atom is 0.189 e. The highest BCUT2D eigenvalue weighted by molar-refractivity contribution is 6.18. The Morgan fingerprint density at radius 2 is 1.00 bits per heavy atom. The molecule has 1 aliphatic carbocycles. The molecule has 0 bridgehead atoms. The third kappa shape index (κ3) is 4.53. The zero-order valence-electron chi connectivity index (χ0n) is 20.7. The zero-order chi connectivity index (χ0) is 23.3. The molecular weight excluding hydrogens is 392 g/mol. The summed E-state index contributed by atoms with van der Waals surface area (Å²) in [5, 5.41) is 0. The van der Waals surface area contributed by atoms with Gasteiger partial charge in [0, 0.05) is 48.5 Å². The van der Waals surface area contributed by atoms with Crippen LogP contribution in [0.25, 0.3) is 11.4 Å². The number of rotatable bonds is 8. The van der Waals surface area contributed by atoms with Gasteiger partial charge in [-0.3, -0.25) is 4.79 Å². The molecule has 2 aromatic rings. The van der Waals surface area contributed by atoms with Crippen LogP contribution in [0.1, 0.15) is 62.8 Å². The van der Waals surface area contributed by atoms with Crippen molar-refractivity contribution < 1.29 is 4.79 Å². The van der Waals surface area contributed by atoms with Crippen LogP contribution in [0, 0.1) is 13.8 Å². The van der Waals surface area contributed by atoms with Crippen LogP contribution in [0.4, 0.5) is 0 Å². The minimum Gasteiger partial charge on any atom is -0.371 e. The summed E-state index contributed by atoms with van der Waals surface area (Å²) in [5.41, 5.74) is 8.98. The lowest BCUT2D eigenvalue weighted by Gasteiger charge is -2.29. The van der Waals surface area contributed by atoms with E-state index in [9.17, 15) is 4.79 Å². The first-order valence-electron chi connectivity index (χ1n) is 12.1. The topological polar surface area (TPSA) is 23.6 Å². The number of aryl methyl sites for hydroxylation is 2. The number of hydrogen-bond acceptors (Lipinski definition) is 3. The lowest BCUT2D eigenvalue weighted by atomic mass is 9.96. The summed E-state index contributed by atoms with van der Waals surface area (Å²) in [5.74, 6) is 0.223. The van der Waals surface area contributed by atoms with Crippen LogP contribution in [-0.4, -0.2) is 41.8 Å². The molecular formula is C29H38N2O. The Labute approximate surface area is 194 Å². The maximum absolute atomic E-state index is 14.1. The second-order valence-corrected chi connectivity index (χ2v) is 8.46. The van der Waals surface area contributed by atoms with Crippen LogP contribution in [0.15, 0.2) is 59.7 Å². The number of allylic oxidation sites excluding steroid dienone is 2. The van der Waals surface area contributed by atoms with Gasteiger partial charge in [0.1, 0.15) is 0 Å². The molecule has 2 aromatic carbocycles. The van der Waals surface area contributed by atoms with Crippen molar-refractivity contribution in [2.24, 2.45) is 0 Å². The summed E-state index contributed by atoms with van der Waals surface area (Å²) >= 11 is 0. The Bertz CT molecular complexity index is 941. The van der Waals surface area contributed by atoms with Crippen LogP contribution in [0.5, 0.6) is 0 Å². The number of benzene rings is 2. The number of carbonyl (C=O) groups is 1.